The molecule has 4 aromatic rings. The molecule has 2 aromatic heterocycles. The molecule has 1 aliphatic heterocycles. The van der Waals surface area contributed by atoms with Gasteiger partial charge in [-0.05, 0) is 44.0 Å². The number of nitrogens with zero attached hydrogens (tertiary/aromatic N) is 3. The number of fused-ring (bicyclic) bond motifs is 3. The Labute approximate surface area is 190 Å². The highest BCUT2D eigenvalue weighted by molar-refractivity contribution is 6.06. The van der Waals surface area contributed by atoms with E-state index in [9.17, 15) is 14.4 Å². The van der Waals surface area contributed by atoms with Crippen LogP contribution in [0.2, 0.25) is 0 Å². The second-order valence-corrected chi connectivity index (χ2v) is 8.56. The van der Waals surface area contributed by atoms with Gasteiger partial charge in [0.15, 0.2) is 0 Å². The molecular formula is C25H26N4O4. The van der Waals surface area contributed by atoms with E-state index in [2.05, 4.69) is 5.32 Å². The second-order valence-electron chi connectivity index (χ2n) is 8.56. The summed E-state index contributed by atoms with van der Waals surface area (Å²) in [5.41, 5.74) is 2.20. The van der Waals surface area contributed by atoms with E-state index >= 15 is 0 Å². The van der Waals surface area contributed by atoms with Crippen LogP contribution in [0.15, 0.2) is 58.1 Å². The predicted molar refractivity (Wildman–Crippen MR) is 127 cm³/mol. The molecule has 1 amide bonds. The Morgan fingerprint density at radius 3 is 2.64 bits per heavy atom. The first-order valence-electron chi connectivity index (χ1n) is 11.1. The third-order valence-corrected chi connectivity index (χ3v) is 6.29. The summed E-state index contributed by atoms with van der Waals surface area (Å²) in [6.45, 7) is 2.88. The smallest absolute Gasteiger partial charge is 0.336 e. The normalized spacial score (nSPS) is 16.0. The summed E-state index contributed by atoms with van der Waals surface area (Å²) in [6, 6.07) is 14.6. The van der Waals surface area contributed by atoms with Gasteiger partial charge in [0.25, 0.3) is 5.56 Å². The molecule has 1 aliphatic rings. The second kappa shape index (κ2) is 8.37. The van der Waals surface area contributed by atoms with Crippen molar-refractivity contribution >= 4 is 27.8 Å². The maximum Gasteiger partial charge on any atom is 0.336 e. The van der Waals surface area contributed by atoms with Crippen molar-refractivity contribution in [2.45, 2.75) is 32.4 Å². The van der Waals surface area contributed by atoms with Gasteiger partial charge in [-0.3, -0.25) is 14.2 Å². The summed E-state index contributed by atoms with van der Waals surface area (Å²) in [5.74, 6) is -0.295. The number of ether oxygens (including phenoxy) is 1. The minimum absolute atomic E-state index is 0.00386. The Morgan fingerprint density at radius 2 is 1.91 bits per heavy atom. The van der Waals surface area contributed by atoms with Gasteiger partial charge < -0.3 is 14.6 Å². The number of aryl methyl sites for hydroxylation is 2. The molecule has 0 saturated carbocycles. The van der Waals surface area contributed by atoms with E-state index < -0.39 is 11.2 Å². The van der Waals surface area contributed by atoms with Gasteiger partial charge in [-0.2, -0.15) is 0 Å². The minimum Gasteiger partial charge on any atom is -0.376 e. The van der Waals surface area contributed by atoms with E-state index in [1.807, 2.05) is 38.2 Å². The molecule has 3 heterocycles. The molecule has 0 bridgehead atoms. The van der Waals surface area contributed by atoms with Crippen molar-refractivity contribution in [1.82, 2.24) is 19.0 Å². The molecule has 33 heavy (non-hydrogen) atoms. The number of nitrogens with one attached hydrogen (secondary N) is 1. The van der Waals surface area contributed by atoms with Crippen LogP contribution >= 0.6 is 0 Å². The van der Waals surface area contributed by atoms with Crippen LogP contribution in [-0.2, 0) is 23.1 Å². The van der Waals surface area contributed by atoms with Crippen LogP contribution in [0.3, 0.4) is 0 Å². The third-order valence-electron chi connectivity index (χ3n) is 6.29. The maximum absolute atomic E-state index is 13.7. The lowest BCUT2D eigenvalue weighted by Gasteiger charge is -2.14. The van der Waals surface area contributed by atoms with Gasteiger partial charge in [0.05, 0.1) is 22.8 Å². The average Bonchev–Trinajstić information content (AvgIpc) is 3.42. The highest BCUT2D eigenvalue weighted by atomic mass is 16.5. The monoisotopic (exact) mass is 446 g/mol. The van der Waals surface area contributed by atoms with E-state index in [1.54, 1.807) is 28.8 Å². The Balaban J connectivity index is 1.71. The van der Waals surface area contributed by atoms with Crippen molar-refractivity contribution in [3.05, 3.63) is 74.9 Å². The summed E-state index contributed by atoms with van der Waals surface area (Å²) in [6.07, 6.45) is 1.90. The fourth-order valence-electron chi connectivity index (χ4n) is 4.65. The first-order chi connectivity index (χ1) is 16.0. The first-order valence-corrected chi connectivity index (χ1v) is 11.1. The lowest BCUT2D eigenvalue weighted by molar-refractivity contribution is -0.122. The molecule has 0 aliphatic carbocycles. The van der Waals surface area contributed by atoms with Crippen LogP contribution in [0.5, 0.6) is 0 Å². The summed E-state index contributed by atoms with van der Waals surface area (Å²) in [7, 11) is 1.81. The SMILES string of the molecule is Cc1ccc2c(c1)c1c(c(=O)n(-c3ccccc3)c(=O)n1CC(=O)NC[C@H]1CCCO1)n2C. The quantitative estimate of drug-likeness (QED) is 0.509. The van der Waals surface area contributed by atoms with E-state index in [1.165, 1.54) is 4.57 Å². The van der Waals surface area contributed by atoms with Crippen LogP contribution in [0.1, 0.15) is 18.4 Å². The number of carbonyl (C=O) groups is 1. The van der Waals surface area contributed by atoms with Gasteiger partial charge in [0.2, 0.25) is 5.91 Å². The van der Waals surface area contributed by atoms with E-state index in [4.69, 9.17) is 4.74 Å². The molecule has 8 nitrogen and oxygen atoms in total. The lowest BCUT2D eigenvalue weighted by atomic mass is 10.1. The Morgan fingerprint density at radius 1 is 1.12 bits per heavy atom. The van der Waals surface area contributed by atoms with E-state index in [-0.39, 0.29) is 18.6 Å². The number of carbonyl (C=O) groups excluding carboxylic acids is 1. The third kappa shape index (κ3) is 3.66. The fourth-order valence-corrected chi connectivity index (χ4v) is 4.65. The van der Waals surface area contributed by atoms with Crippen LogP contribution < -0.4 is 16.6 Å². The maximum atomic E-state index is 13.7. The predicted octanol–water partition coefficient (Wildman–Crippen LogP) is 2.25. The molecule has 0 spiro atoms. The standard InChI is InChI=1S/C25H26N4O4/c1-16-10-11-20-19(13-16)22-23(27(20)2)24(31)29(17-7-4-3-5-8-17)25(32)28(22)15-21(30)26-14-18-9-6-12-33-18/h3-5,7-8,10-11,13,18H,6,9,12,14-15H2,1-2H3,(H,26,30)/t18-/m1/s1. The van der Waals surface area contributed by atoms with E-state index in [0.717, 1.165) is 33.9 Å². The minimum atomic E-state index is -0.542. The topological polar surface area (TPSA) is 87.3 Å². The number of hydrogen-bond acceptors (Lipinski definition) is 4. The number of rotatable bonds is 5. The molecule has 0 unspecified atom stereocenters. The van der Waals surface area contributed by atoms with Gasteiger partial charge in [0.1, 0.15) is 12.1 Å². The molecule has 0 radical (unpaired) electrons. The average molecular weight is 447 g/mol. The largest absolute Gasteiger partial charge is 0.376 e. The zero-order valence-electron chi connectivity index (χ0n) is 18.7. The van der Waals surface area contributed by atoms with Crippen molar-refractivity contribution in [1.29, 1.82) is 0 Å². The first kappa shape index (κ1) is 21.2. The van der Waals surface area contributed by atoms with Crippen molar-refractivity contribution in [3.63, 3.8) is 0 Å². The van der Waals surface area contributed by atoms with Crippen LogP contribution in [0, 0.1) is 6.92 Å². The molecule has 1 saturated heterocycles. The Hall–Kier alpha value is -3.65. The summed E-state index contributed by atoms with van der Waals surface area (Å²) in [5, 5.41) is 3.66. The van der Waals surface area contributed by atoms with Crippen molar-refractivity contribution < 1.29 is 9.53 Å². The zero-order chi connectivity index (χ0) is 23.1. The van der Waals surface area contributed by atoms with Crippen molar-refractivity contribution in [2.24, 2.45) is 7.05 Å². The highest BCUT2D eigenvalue weighted by Crippen LogP contribution is 2.26. The lowest BCUT2D eigenvalue weighted by Crippen LogP contribution is -2.43. The molecule has 170 valence electrons. The summed E-state index contributed by atoms with van der Waals surface area (Å²) >= 11 is 0. The number of benzene rings is 2. The number of hydrogen-bond donors (Lipinski definition) is 1. The molecule has 1 atom stereocenters. The van der Waals surface area contributed by atoms with Crippen molar-refractivity contribution in [3.8, 4) is 5.69 Å². The fraction of sp³-hybridized carbons (Fsp3) is 0.320. The molecule has 2 aromatic carbocycles. The summed E-state index contributed by atoms with van der Waals surface area (Å²) in [4.78, 5) is 40.1. The van der Waals surface area contributed by atoms with Crippen LogP contribution in [0.25, 0.3) is 27.6 Å². The zero-order valence-corrected chi connectivity index (χ0v) is 18.7. The van der Waals surface area contributed by atoms with Gasteiger partial charge in [-0.1, -0.05) is 29.8 Å². The number of para-hydroxylation sites is 1. The van der Waals surface area contributed by atoms with Gasteiger partial charge in [-0.25, -0.2) is 9.36 Å². The van der Waals surface area contributed by atoms with Gasteiger partial charge >= 0.3 is 5.69 Å². The summed E-state index contributed by atoms with van der Waals surface area (Å²) < 4.78 is 9.93. The number of aromatic nitrogens is 3. The molecule has 1 N–H and O–H groups in total. The molecule has 5 rings (SSSR count). The van der Waals surface area contributed by atoms with Crippen LogP contribution in [0.4, 0.5) is 0 Å². The van der Waals surface area contributed by atoms with Crippen molar-refractivity contribution in [2.75, 3.05) is 13.2 Å². The molecule has 8 heteroatoms. The Kier molecular flexibility index (Phi) is 5.38. The van der Waals surface area contributed by atoms with Gasteiger partial charge in [-0.15, -0.1) is 0 Å². The Bertz CT molecular complexity index is 1470. The molecule has 1 fully saturated rings. The van der Waals surface area contributed by atoms with Crippen LogP contribution in [-0.4, -0.2) is 38.9 Å². The van der Waals surface area contributed by atoms with Gasteiger partial charge in [0, 0.05) is 25.6 Å². The molecular weight excluding hydrogens is 420 g/mol. The van der Waals surface area contributed by atoms with E-state index in [0.29, 0.717) is 29.9 Å². The number of amides is 1. The highest BCUT2D eigenvalue weighted by Gasteiger charge is 2.23.